The molecule has 0 spiro atoms. The lowest BCUT2D eigenvalue weighted by Crippen LogP contribution is -2.27. The lowest BCUT2D eigenvalue weighted by atomic mass is 10.2. The van der Waals surface area contributed by atoms with E-state index in [9.17, 15) is 22.8 Å². The van der Waals surface area contributed by atoms with E-state index in [1.807, 2.05) is 4.98 Å². The Balaban J connectivity index is 2.47. The van der Waals surface area contributed by atoms with Gasteiger partial charge in [-0.1, -0.05) is 0 Å². The SMILES string of the molecule is O=c1ccn(-c2ccc(C(F)(F)F)cc2)c(=O)[nH]1. The molecule has 0 saturated heterocycles. The number of rotatable bonds is 1. The van der Waals surface area contributed by atoms with Gasteiger partial charge in [0, 0.05) is 12.3 Å². The second kappa shape index (κ2) is 4.17. The Morgan fingerprint density at radius 1 is 1.00 bits per heavy atom. The molecule has 2 aromatic rings. The van der Waals surface area contributed by atoms with Crippen molar-refractivity contribution in [1.29, 1.82) is 0 Å². The van der Waals surface area contributed by atoms with E-state index in [4.69, 9.17) is 0 Å². The fourth-order valence-electron chi connectivity index (χ4n) is 1.43. The first-order chi connectivity index (χ1) is 8.38. The van der Waals surface area contributed by atoms with E-state index in [0.717, 1.165) is 34.9 Å². The largest absolute Gasteiger partial charge is 0.416 e. The molecule has 0 aliphatic rings. The van der Waals surface area contributed by atoms with Crippen molar-refractivity contribution < 1.29 is 13.2 Å². The van der Waals surface area contributed by atoms with E-state index >= 15 is 0 Å². The predicted octanol–water partition coefficient (Wildman–Crippen LogP) is 1.54. The van der Waals surface area contributed by atoms with Crippen LogP contribution >= 0.6 is 0 Å². The minimum absolute atomic E-state index is 0.240. The van der Waals surface area contributed by atoms with Crippen molar-refractivity contribution in [2.24, 2.45) is 0 Å². The Kier molecular flexibility index (Phi) is 2.82. The fraction of sp³-hybridized carbons (Fsp3) is 0.0909. The standard InChI is InChI=1S/C11H7F3N2O2/c12-11(13,14)7-1-3-8(4-2-7)16-6-5-9(17)15-10(16)18/h1-6H,(H,15,17,18). The van der Waals surface area contributed by atoms with Crippen molar-refractivity contribution in [2.75, 3.05) is 0 Å². The van der Waals surface area contributed by atoms with Gasteiger partial charge in [0.1, 0.15) is 0 Å². The zero-order valence-corrected chi connectivity index (χ0v) is 8.86. The van der Waals surface area contributed by atoms with Crippen LogP contribution in [-0.2, 0) is 6.18 Å². The first-order valence-corrected chi connectivity index (χ1v) is 4.87. The van der Waals surface area contributed by atoms with Crippen molar-refractivity contribution in [2.45, 2.75) is 6.18 Å². The van der Waals surface area contributed by atoms with Gasteiger partial charge in [0.25, 0.3) is 5.56 Å². The molecule has 0 radical (unpaired) electrons. The summed E-state index contributed by atoms with van der Waals surface area (Å²) in [4.78, 5) is 24.3. The van der Waals surface area contributed by atoms with Gasteiger partial charge in [-0.2, -0.15) is 13.2 Å². The first-order valence-electron chi connectivity index (χ1n) is 4.87. The van der Waals surface area contributed by atoms with Crippen LogP contribution in [0.1, 0.15) is 5.56 Å². The first kappa shape index (κ1) is 12.2. The van der Waals surface area contributed by atoms with Crippen LogP contribution in [0.5, 0.6) is 0 Å². The topological polar surface area (TPSA) is 54.9 Å². The smallest absolute Gasteiger partial charge is 0.274 e. The summed E-state index contributed by atoms with van der Waals surface area (Å²) in [5, 5.41) is 0. The molecule has 0 amide bonds. The summed E-state index contributed by atoms with van der Waals surface area (Å²) < 4.78 is 38.1. The monoisotopic (exact) mass is 256 g/mol. The third-order valence-electron chi connectivity index (χ3n) is 2.30. The summed E-state index contributed by atoms with van der Waals surface area (Å²) in [7, 11) is 0. The van der Waals surface area contributed by atoms with E-state index in [1.165, 1.54) is 6.20 Å². The zero-order chi connectivity index (χ0) is 13.3. The van der Waals surface area contributed by atoms with Gasteiger partial charge in [0.05, 0.1) is 11.3 Å². The van der Waals surface area contributed by atoms with Gasteiger partial charge < -0.3 is 0 Å². The molecule has 18 heavy (non-hydrogen) atoms. The molecule has 1 aromatic heterocycles. The molecule has 94 valence electrons. The summed E-state index contributed by atoms with van der Waals surface area (Å²) in [5.41, 5.74) is -1.83. The Hall–Kier alpha value is -2.31. The maximum atomic E-state index is 12.3. The summed E-state index contributed by atoms with van der Waals surface area (Å²) in [6.07, 6.45) is -3.22. The van der Waals surface area contributed by atoms with E-state index in [0.29, 0.717) is 0 Å². The van der Waals surface area contributed by atoms with Crippen LogP contribution in [0.2, 0.25) is 0 Å². The number of benzene rings is 1. The third-order valence-corrected chi connectivity index (χ3v) is 2.30. The number of nitrogens with zero attached hydrogens (tertiary/aromatic N) is 1. The molecule has 0 atom stereocenters. The van der Waals surface area contributed by atoms with Gasteiger partial charge in [0.15, 0.2) is 0 Å². The molecule has 2 rings (SSSR count). The van der Waals surface area contributed by atoms with Crippen LogP contribution in [0, 0.1) is 0 Å². The molecule has 0 saturated carbocycles. The van der Waals surface area contributed by atoms with Crippen LogP contribution in [0.15, 0.2) is 46.1 Å². The maximum Gasteiger partial charge on any atom is 0.416 e. The third kappa shape index (κ3) is 2.34. The number of hydrogen-bond acceptors (Lipinski definition) is 2. The zero-order valence-electron chi connectivity index (χ0n) is 8.86. The second-order valence-corrected chi connectivity index (χ2v) is 3.52. The number of nitrogens with one attached hydrogen (secondary N) is 1. The highest BCUT2D eigenvalue weighted by atomic mass is 19.4. The van der Waals surface area contributed by atoms with E-state index in [2.05, 4.69) is 0 Å². The molecule has 0 aliphatic carbocycles. The lowest BCUT2D eigenvalue weighted by Gasteiger charge is -2.08. The number of hydrogen-bond donors (Lipinski definition) is 1. The lowest BCUT2D eigenvalue weighted by molar-refractivity contribution is -0.137. The van der Waals surface area contributed by atoms with E-state index in [-0.39, 0.29) is 5.69 Å². The molecule has 1 aromatic carbocycles. The van der Waals surface area contributed by atoms with Crippen molar-refractivity contribution >= 4 is 0 Å². The highest BCUT2D eigenvalue weighted by Gasteiger charge is 2.29. The predicted molar refractivity (Wildman–Crippen MR) is 57.7 cm³/mol. The van der Waals surface area contributed by atoms with Crippen LogP contribution < -0.4 is 11.2 Å². The van der Waals surface area contributed by atoms with Crippen molar-refractivity contribution in [1.82, 2.24) is 9.55 Å². The highest BCUT2D eigenvalue weighted by Crippen LogP contribution is 2.29. The summed E-state index contributed by atoms with van der Waals surface area (Å²) in [5.74, 6) is 0. The summed E-state index contributed by atoms with van der Waals surface area (Å²) in [6.45, 7) is 0. The molecule has 7 heteroatoms. The molecule has 0 bridgehead atoms. The molecule has 1 N–H and O–H groups in total. The van der Waals surface area contributed by atoms with Crippen LogP contribution in [0.3, 0.4) is 0 Å². The van der Waals surface area contributed by atoms with E-state index in [1.54, 1.807) is 0 Å². The average molecular weight is 256 g/mol. The molecular weight excluding hydrogens is 249 g/mol. The van der Waals surface area contributed by atoms with Crippen LogP contribution in [0.25, 0.3) is 5.69 Å². The number of aromatic nitrogens is 2. The molecule has 0 aliphatic heterocycles. The van der Waals surface area contributed by atoms with Gasteiger partial charge in [-0.25, -0.2) is 4.79 Å². The van der Waals surface area contributed by atoms with Gasteiger partial charge in [-0.15, -0.1) is 0 Å². The highest BCUT2D eigenvalue weighted by molar-refractivity contribution is 5.35. The minimum Gasteiger partial charge on any atom is -0.274 e. The summed E-state index contributed by atoms with van der Waals surface area (Å²) >= 11 is 0. The minimum atomic E-state index is -4.42. The van der Waals surface area contributed by atoms with E-state index < -0.39 is 23.0 Å². The molecule has 0 unspecified atom stereocenters. The van der Waals surface area contributed by atoms with Crippen molar-refractivity contribution in [3.05, 3.63) is 62.9 Å². The van der Waals surface area contributed by atoms with Crippen LogP contribution in [-0.4, -0.2) is 9.55 Å². The molecule has 0 fully saturated rings. The Labute approximate surface area is 98.3 Å². The molecule has 1 heterocycles. The molecule has 4 nitrogen and oxygen atoms in total. The Morgan fingerprint density at radius 2 is 1.61 bits per heavy atom. The number of aromatic amines is 1. The van der Waals surface area contributed by atoms with Gasteiger partial charge >= 0.3 is 11.9 Å². The second-order valence-electron chi connectivity index (χ2n) is 3.52. The quantitative estimate of drug-likeness (QED) is 0.841. The van der Waals surface area contributed by atoms with Gasteiger partial charge in [-0.05, 0) is 24.3 Å². The maximum absolute atomic E-state index is 12.3. The van der Waals surface area contributed by atoms with Crippen molar-refractivity contribution in [3.63, 3.8) is 0 Å². The number of halogens is 3. The summed E-state index contributed by atoms with van der Waals surface area (Å²) in [6, 6.07) is 5.16. The fourth-order valence-corrected chi connectivity index (χ4v) is 1.43. The number of alkyl halides is 3. The Bertz CT molecular complexity index is 668. The van der Waals surface area contributed by atoms with Gasteiger partial charge in [-0.3, -0.25) is 14.3 Å². The van der Waals surface area contributed by atoms with Crippen molar-refractivity contribution in [3.8, 4) is 5.69 Å². The molecular formula is C11H7F3N2O2. The van der Waals surface area contributed by atoms with Crippen LogP contribution in [0.4, 0.5) is 13.2 Å². The normalized spacial score (nSPS) is 11.5. The number of H-pyrrole nitrogens is 1. The Morgan fingerprint density at radius 3 is 2.11 bits per heavy atom. The average Bonchev–Trinajstić information content (AvgIpc) is 2.28. The van der Waals surface area contributed by atoms with Gasteiger partial charge in [0.2, 0.25) is 0 Å².